The SMILES string of the molecule is CCOC(=O)c1ccc[n+]([C@@H]2O[C@H](COC(C)=O)[C@H](OC(C)=O)C2OC(C)=O)c1. The minimum Gasteiger partial charge on any atom is -0.463 e. The molecule has 0 amide bonds. The van der Waals surface area contributed by atoms with E-state index in [4.69, 9.17) is 23.7 Å². The quantitative estimate of drug-likeness (QED) is 0.359. The Balaban J connectivity index is 2.37. The third-order valence-corrected chi connectivity index (χ3v) is 3.97. The Bertz CT molecular complexity index is 779. The highest BCUT2D eigenvalue weighted by Gasteiger charge is 2.54. The largest absolute Gasteiger partial charge is 0.463 e. The molecule has 0 saturated carbocycles. The molecule has 0 aromatic carbocycles. The van der Waals surface area contributed by atoms with Gasteiger partial charge in [0.15, 0.2) is 18.5 Å². The van der Waals surface area contributed by atoms with E-state index in [0.29, 0.717) is 0 Å². The Morgan fingerprint density at radius 2 is 1.66 bits per heavy atom. The van der Waals surface area contributed by atoms with Crippen LogP contribution in [-0.4, -0.2) is 55.4 Å². The lowest BCUT2D eigenvalue weighted by Crippen LogP contribution is -2.48. The van der Waals surface area contributed by atoms with Crippen LogP contribution in [-0.2, 0) is 38.1 Å². The number of rotatable bonds is 7. The summed E-state index contributed by atoms with van der Waals surface area (Å²) in [6.07, 6.45) is -0.783. The van der Waals surface area contributed by atoms with Gasteiger partial charge in [-0.2, -0.15) is 4.57 Å². The highest BCUT2D eigenvalue weighted by Crippen LogP contribution is 2.31. The molecule has 0 spiro atoms. The summed E-state index contributed by atoms with van der Waals surface area (Å²) >= 11 is 0. The maximum absolute atomic E-state index is 12.0. The minimum atomic E-state index is -1.03. The van der Waals surface area contributed by atoms with Gasteiger partial charge in [0.2, 0.25) is 6.10 Å². The van der Waals surface area contributed by atoms with Gasteiger partial charge < -0.3 is 23.7 Å². The number of pyridine rings is 1. The van der Waals surface area contributed by atoms with Crippen LogP contribution >= 0.6 is 0 Å². The number of hydrogen-bond donors (Lipinski definition) is 0. The Kier molecular flexibility index (Phi) is 7.66. The predicted molar refractivity (Wildman–Crippen MR) is 94.2 cm³/mol. The number of esters is 4. The first-order valence-electron chi connectivity index (χ1n) is 9.04. The molecular formula is C19H24NO9+. The van der Waals surface area contributed by atoms with Crippen molar-refractivity contribution in [2.75, 3.05) is 13.2 Å². The first-order chi connectivity index (χ1) is 13.7. The summed E-state index contributed by atoms with van der Waals surface area (Å²) in [7, 11) is 0. The third kappa shape index (κ3) is 5.98. The summed E-state index contributed by atoms with van der Waals surface area (Å²) in [5.74, 6) is -2.30. The summed E-state index contributed by atoms with van der Waals surface area (Å²) in [5.41, 5.74) is 0.256. The standard InChI is InChI=1S/C19H24NO9/c1-5-25-19(24)14-7-6-8-20(9-14)18-17(28-13(4)23)16(27-12(3)22)15(29-18)10-26-11(2)21/h6-9,15-18H,5,10H2,1-4H3/q+1/t15-,16+,17?,18-/m1/s1. The van der Waals surface area contributed by atoms with Crippen LogP contribution in [0.15, 0.2) is 24.5 Å². The van der Waals surface area contributed by atoms with E-state index in [9.17, 15) is 19.2 Å². The van der Waals surface area contributed by atoms with Crippen LogP contribution in [0.4, 0.5) is 0 Å². The van der Waals surface area contributed by atoms with Crippen LogP contribution in [0.5, 0.6) is 0 Å². The van der Waals surface area contributed by atoms with Gasteiger partial charge in [0, 0.05) is 26.8 Å². The average Bonchev–Trinajstić information content (AvgIpc) is 2.96. The third-order valence-electron chi connectivity index (χ3n) is 3.97. The normalized spacial score (nSPS) is 23.2. The molecule has 4 atom stereocenters. The molecule has 0 aliphatic carbocycles. The van der Waals surface area contributed by atoms with Crippen molar-refractivity contribution in [2.45, 2.75) is 52.2 Å². The molecule has 158 valence electrons. The number of hydrogen-bond acceptors (Lipinski definition) is 9. The number of carbonyl (C=O) groups excluding carboxylic acids is 4. The zero-order valence-electron chi connectivity index (χ0n) is 16.7. The predicted octanol–water partition coefficient (Wildman–Crippen LogP) is 0.475. The van der Waals surface area contributed by atoms with E-state index < -0.39 is 48.4 Å². The van der Waals surface area contributed by atoms with Gasteiger partial charge in [0.05, 0.1) is 6.61 Å². The molecule has 10 nitrogen and oxygen atoms in total. The molecule has 1 aliphatic rings. The van der Waals surface area contributed by atoms with Crippen molar-refractivity contribution in [3.63, 3.8) is 0 Å². The van der Waals surface area contributed by atoms with Gasteiger partial charge in [0.1, 0.15) is 18.3 Å². The first-order valence-corrected chi connectivity index (χ1v) is 9.04. The zero-order valence-corrected chi connectivity index (χ0v) is 16.7. The average molecular weight is 410 g/mol. The summed E-state index contributed by atoms with van der Waals surface area (Å²) < 4.78 is 28.0. The Labute approximate surface area is 167 Å². The van der Waals surface area contributed by atoms with Crippen molar-refractivity contribution < 1.29 is 47.4 Å². The maximum atomic E-state index is 12.0. The molecular weight excluding hydrogens is 386 g/mol. The highest BCUT2D eigenvalue weighted by molar-refractivity contribution is 5.88. The van der Waals surface area contributed by atoms with Crippen molar-refractivity contribution in [3.8, 4) is 0 Å². The van der Waals surface area contributed by atoms with Crippen LogP contribution in [0.1, 0.15) is 44.3 Å². The fourth-order valence-electron chi connectivity index (χ4n) is 2.92. The molecule has 1 unspecified atom stereocenters. The lowest BCUT2D eigenvalue weighted by Gasteiger charge is -2.21. The number of ether oxygens (including phenoxy) is 5. The van der Waals surface area contributed by atoms with Crippen molar-refractivity contribution in [1.82, 2.24) is 0 Å². The van der Waals surface area contributed by atoms with E-state index in [1.165, 1.54) is 31.5 Å². The number of nitrogens with zero attached hydrogens (tertiary/aromatic N) is 1. The summed E-state index contributed by atoms with van der Waals surface area (Å²) in [6, 6.07) is 3.16. The summed E-state index contributed by atoms with van der Waals surface area (Å²) in [4.78, 5) is 46.5. The molecule has 10 heteroatoms. The molecule has 2 heterocycles. The van der Waals surface area contributed by atoms with Crippen LogP contribution in [0.25, 0.3) is 0 Å². The zero-order chi connectivity index (χ0) is 21.6. The smallest absolute Gasteiger partial charge is 0.344 e. The van der Waals surface area contributed by atoms with Crippen molar-refractivity contribution in [2.24, 2.45) is 0 Å². The van der Waals surface area contributed by atoms with E-state index in [0.717, 1.165) is 0 Å². The van der Waals surface area contributed by atoms with Crippen molar-refractivity contribution in [1.29, 1.82) is 0 Å². The second kappa shape index (κ2) is 9.97. The molecule has 1 saturated heterocycles. The minimum absolute atomic E-state index is 0.209. The first kappa shape index (κ1) is 22.3. The number of aromatic nitrogens is 1. The summed E-state index contributed by atoms with van der Waals surface area (Å²) in [6.45, 7) is 5.34. The lowest BCUT2D eigenvalue weighted by atomic mass is 10.1. The van der Waals surface area contributed by atoms with E-state index in [1.54, 1.807) is 25.3 Å². The molecule has 0 bridgehead atoms. The Morgan fingerprint density at radius 3 is 2.24 bits per heavy atom. The Hall–Kier alpha value is -3.01. The molecule has 1 fully saturated rings. The molecule has 0 radical (unpaired) electrons. The second-order valence-electron chi connectivity index (χ2n) is 6.28. The van der Waals surface area contributed by atoms with Gasteiger partial charge in [-0.3, -0.25) is 14.4 Å². The molecule has 1 aromatic heterocycles. The van der Waals surface area contributed by atoms with Crippen LogP contribution in [0, 0.1) is 0 Å². The van der Waals surface area contributed by atoms with Gasteiger partial charge in [0.25, 0.3) is 0 Å². The van der Waals surface area contributed by atoms with Gasteiger partial charge in [-0.15, -0.1) is 0 Å². The molecule has 29 heavy (non-hydrogen) atoms. The van der Waals surface area contributed by atoms with E-state index in [-0.39, 0.29) is 18.8 Å². The van der Waals surface area contributed by atoms with Gasteiger partial charge >= 0.3 is 30.1 Å². The van der Waals surface area contributed by atoms with E-state index in [2.05, 4.69) is 0 Å². The van der Waals surface area contributed by atoms with Crippen molar-refractivity contribution in [3.05, 3.63) is 30.1 Å². The van der Waals surface area contributed by atoms with E-state index in [1.807, 2.05) is 0 Å². The van der Waals surface area contributed by atoms with Crippen LogP contribution in [0.2, 0.25) is 0 Å². The highest BCUT2D eigenvalue weighted by atomic mass is 16.7. The lowest BCUT2D eigenvalue weighted by molar-refractivity contribution is -0.765. The molecule has 1 aromatic rings. The van der Waals surface area contributed by atoms with E-state index >= 15 is 0 Å². The maximum Gasteiger partial charge on any atom is 0.344 e. The van der Waals surface area contributed by atoms with Crippen LogP contribution in [0.3, 0.4) is 0 Å². The van der Waals surface area contributed by atoms with Crippen molar-refractivity contribution >= 4 is 23.9 Å². The monoisotopic (exact) mass is 410 g/mol. The number of carbonyl (C=O) groups is 4. The Morgan fingerprint density at radius 1 is 1.00 bits per heavy atom. The fourth-order valence-corrected chi connectivity index (χ4v) is 2.92. The molecule has 0 N–H and O–H groups in total. The van der Waals surface area contributed by atoms with Gasteiger partial charge in [-0.25, -0.2) is 4.79 Å². The summed E-state index contributed by atoms with van der Waals surface area (Å²) in [5, 5.41) is 0. The fraction of sp³-hybridized carbons (Fsp3) is 0.526. The second-order valence-corrected chi connectivity index (χ2v) is 6.28. The van der Waals surface area contributed by atoms with Crippen LogP contribution < -0.4 is 4.57 Å². The van der Waals surface area contributed by atoms with Gasteiger partial charge in [-0.1, -0.05) is 0 Å². The van der Waals surface area contributed by atoms with Gasteiger partial charge in [-0.05, 0) is 13.0 Å². The topological polar surface area (TPSA) is 118 Å². The molecule has 2 rings (SSSR count). The molecule has 1 aliphatic heterocycles.